The largest absolute Gasteiger partial charge is 0.497 e. The van der Waals surface area contributed by atoms with Crippen molar-refractivity contribution in [2.45, 2.75) is 19.0 Å². The van der Waals surface area contributed by atoms with Crippen molar-refractivity contribution in [3.05, 3.63) is 23.8 Å². The average molecular weight is 344 g/mol. The fourth-order valence-electron chi connectivity index (χ4n) is 2.75. The van der Waals surface area contributed by atoms with E-state index in [-0.39, 0.29) is 24.4 Å². The number of likely N-dealkylation sites (tertiary alicyclic amines) is 1. The lowest BCUT2D eigenvalue weighted by atomic mass is 10.2. The van der Waals surface area contributed by atoms with Crippen LogP contribution in [-0.4, -0.2) is 57.8 Å². The van der Waals surface area contributed by atoms with Gasteiger partial charge in [0.05, 0.1) is 20.8 Å². The molecule has 0 aliphatic carbocycles. The van der Waals surface area contributed by atoms with Crippen molar-refractivity contribution in [3.63, 3.8) is 0 Å². The van der Waals surface area contributed by atoms with E-state index in [1.165, 1.54) is 0 Å². The summed E-state index contributed by atoms with van der Waals surface area (Å²) < 4.78 is 10.6. The van der Waals surface area contributed by atoms with Gasteiger partial charge in [-0.1, -0.05) is 0 Å². The Hall–Kier alpha value is -1.50. The number of carbonyl (C=O) groups is 1. The molecule has 2 N–H and O–H groups in total. The Bertz CT molecular complexity index is 491. The summed E-state index contributed by atoms with van der Waals surface area (Å²) in [6, 6.07) is 6.15. The third-order valence-electron chi connectivity index (χ3n) is 3.79. The molecular formula is C16H26ClN3O3. The van der Waals surface area contributed by atoms with Crippen LogP contribution in [-0.2, 0) is 11.3 Å². The van der Waals surface area contributed by atoms with Gasteiger partial charge in [-0.3, -0.25) is 9.69 Å². The molecule has 1 aliphatic rings. The summed E-state index contributed by atoms with van der Waals surface area (Å²) in [6.45, 7) is 3.04. The number of carbonyl (C=O) groups excluding carboxylic acids is 1. The van der Waals surface area contributed by atoms with Gasteiger partial charge < -0.3 is 20.1 Å². The molecule has 1 saturated heterocycles. The van der Waals surface area contributed by atoms with E-state index < -0.39 is 0 Å². The maximum atomic E-state index is 11.6. The molecule has 1 aromatic carbocycles. The standard InChI is InChI=1S/C16H25N3O3.ClH/c1-17-9-16(20)18-13-4-5-19(11-13)10-12-6-14(21-2)8-15(7-12)22-3;/h6-8,13,17H,4-5,9-11H2,1-3H3,(H,18,20);1H. The summed E-state index contributed by atoms with van der Waals surface area (Å²) in [5, 5.41) is 5.91. The minimum Gasteiger partial charge on any atom is -0.497 e. The zero-order valence-electron chi connectivity index (χ0n) is 13.9. The topological polar surface area (TPSA) is 62.8 Å². The smallest absolute Gasteiger partial charge is 0.234 e. The predicted octanol–water partition coefficient (Wildman–Crippen LogP) is 1.04. The third kappa shape index (κ3) is 5.89. The van der Waals surface area contributed by atoms with E-state index in [4.69, 9.17) is 9.47 Å². The van der Waals surface area contributed by atoms with E-state index in [1.54, 1.807) is 21.3 Å². The van der Waals surface area contributed by atoms with Gasteiger partial charge in [-0.15, -0.1) is 12.4 Å². The zero-order valence-corrected chi connectivity index (χ0v) is 14.7. The Balaban J connectivity index is 0.00000264. The van der Waals surface area contributed by atoms with Gasteiger partial charge in [-0.2, -0.15) is 0 Å². The second kappa shape index (κ2) is 9.60. The van der Waals surface area contributed by atoms with Crippen LogP contribution >= 0.6 is 12.4 Å². The van der Waals surface area contributed by atoms with E-state index in [0.717, 1.165) is 43.1 Å². The highest BCUT2D eigenvalue weighted by molar-refractivity contribution is 5.85. The van der Waals surface area contributed by atoms with Crippen LogP contribution in [0.1, 0.15) is 12.0 Å². The van der Waals surface area contributed by atoms with E-state index in [1.807, 2.05) is 18.2 Å². The van der Waals surface area contributed by atoms with Gasteiger partial charge in [0.25, 0.3) is 0 Å². The van der Waals surface area contributed by atoms with Crippen molar-refractivity contribution < 1.29 is 14.3 Å². The zero-order chi connectivity index (χ0) is 15.9. The van der Waals surface area contributed by atoms with Crippen LogP contribution in [0.3, 0.4) is 0 Å². The first-order valence-electron chi connectivity index (χ1n) is 7.53. The molecule has 1 aliphatic heterocycles. The molecule has 0 spiro atoms. The Morgan fingerprint density at radius 3 is 2.48 bits per heavy atom. The van der Waals surface area contributed by atoms with Crippen LogP contribution in [0.25, 0.3) is 0 Å². The highest BCUT2D eigenvalue weighted by atomic mass is 35.5. The number of amides is 1. The molecule has 6 nitrogen and oxygen atoms in total. The molecule has 1 amide bonds. The first-order chi connectivity index (χ1) is 10.6. The quantitative estimate of drug-likeness (QED) is 0.774. The van der Waals surface area contributed by atoms with Crippen LogP contribution < -0.4 is 20.1 Å². The first-order valence-corrected chi connectivity index (χ1v) is 7.53. The fraction of sp³-hybridized carbons (Fsp3) is 0.562. The Morgan fingerprint density at radius 2 is 1.91 bits per heavy atom. The number of rotatable bonds is 7. The van der Waals surface area contributed by atoms with Gasteiger partial charge in [0.2, 0.25) is 5.91 Å². The van der Waals surface area contributed by atoms with E-state index >= 15 is 0 Å². The fourth-order valence-corrected chi connectivity index (χ4v) is 2.75. The molecule has 0 bridgehead atoms. The number of hydrogen-bond donors (Lipinski definition) is 2. The monoisotopic (exact) mass is 343 g/mol. The number of methoxy groups -OCH3 is 2. The normalized spacial score (nSPS) is 17.4. The van der Waals surface area contributed by atoms with Gasteiger partial charge >= 0.3 is 0 Å². The molecule has 7 heteroatoms. The summed E-state index contributed by atoms with van der Waals surface area (Å²) in [6.07, 6.45) is 0.983. The lowest BCUT2D eigenvalue weighted by molar-refractivity contribution is -0.120. The number of halogens is 1. The number of hydrogen-bond acceptors (Lipinski definition) is 5. The van der Waals surface area contributed by atoms with Gasteiger partial charge in [-0.25, -0.2) is 0 Å². The maximum Gasteiger partial charge on any atom is 0.234 e. The predicted molar refractivity (Wildman–Crippen MR) is 92.5 cm³/mol. The van der Waals surface area contributed by atoms with Crippen molar-refractivity contribution in [2.75, 3.05) is 40.9 Å². The van der Waals surface area contributed by atoms with Crippen molar-refractivity contribution in [1.29, 1.82) is 0 Å². The molecule has 0 aromatic heterocycles. The average Bonchev–Trinajstić information content (AvgIpc) is 2.93. The summed E-state index contributed by atoms with van der Waals surface area (Å²) in [5.74, 6) is 1.65. The highest BCUT2D eigenvalue weighted by Crippen LogP contribution is 2.24. The summed E-state index contributed by atoms with van der Waals surface area (Å²) >= 11 is 0. The number of ether oxygens (including phenoxy) is 2. The van der Waals surface area contributed by atoms with Crippen LogP contribution in [0, 0.1) is 0 Å². The van der Waals surface area contributed by atoms with Gasteiger partial charge in [0.1, 0.15) is 11.5 Å². The highest BCUT2D eigenvalue weighted by Gasteiger charge is 2.23. The molecule has 0 saturated carbocycles. The van der Waals surface area contributed by atoms with Crippen LogP contribution in [0.2, 0.25) is 0 Å². The van der Waals surface area contributed by atoms with E-state index in [0.29, 0.717) is 6.54 Å². The lowest BCUT2D eigenvalue weighted by Gasteiger charge is -2.18. The molecule has 1 fully saturated rings. The second-order valence-corrected chi connectivity index (χ2v) is 5.54. The molecule has 130 valence electrons. The second-order valence-electron chi connectivity index (χ2n) is 5.54. The van der Waals surface area contributed by atoms with E-state index in [2.05, 4.69) is 15.5 Å². The number of nitrogens with one attached hydrogen (secondary N) is 2. The molecule has 2 rings (SSSR count). The van der Waals surface area contributed by atoms with Crippen molar-refractivity contribution >= 4 is 18.3 Å². The summed E-state index contributed by atoms with van der Waals surface area (Å²) in [4.78, 5) is 13.9. The summed E-state index contributed by atoms with van der Waals surface area (Å²) in [7, 11) is 5.08. The van der Waals surface area contributed by atoms with Crippen molar-refractivity contribution in [3.8, 4) is 11.5 Å². The Morgan fingerprint density at radius 1 is 1.26 bits per heavy atom. The van der Waals surface area contributed by atoms with Gasteiger partial charge in [0.15, 0.2) is 0 Å². The lowest BCUT2D eigenvalue weighted by Crippen LogP contribution is -2.41. The first kappa shape index (κ1) is 19.5. The van der Waals surface area contributed by atoms with Crippen LogP contribution in [0.5, 0.6) is 11.5 Å². The van der Waals surface area contributed by atoms with E-state index in [9.17, 15) is 4.79 Å². The maximum absolute atomic E-state index is 11.6. The minimum atomic E-state index is 0. The van der Waals surface area contributed by atoms with Gasteiger partial charge in [0, 0.05) is 31.7 Å². The number of likely N-dealkylation sites (N-methyl/N-ethyl adjacent to an activating group) is 1. The SMILES string of the molecule is CNCC(=O)NC1CCN(Cc2cc(OC)cc(OC)c2)C1.Cl. The molecule has 1 aromatic rings. The minimum absolute atomic E-state index is 0. The molecular weight excluding hydrogens is 318 g/mol. The Kier molecular flexibility index (Phi) is 8.16. The summed E-state index contributed by atoms with van der Waals surface area (Å²) in [5.41, 5.74) is 1.15. The number of benzene rings is 1. The molecule has 23 heavy (non-hydrogen) atoms. The molecule has 0 radical (unpaired) electrons. The Labute approximate surface area is 143 Å². The molecule has 1 atom stereocenters. The molecule has 1 unspecified atom stereocenters. The van der Waals surface area contributed by atoms with Crippen LogP contribution in [0.4, 0.5) is 0 Å². The van der Waals surface area contributed by atoms with Crippen molar-refractivity contribution in [1.82, 2.24) is 15.5 Å². The van der Waals surface area contributed by atoms with Crippen LogP contribution in [0.15, 0.2) is 18.2 Å². The van der Waals surface area contributed by atoms with Crippen molar-refractivity contribution in [2.24, 2.45) is 0 Å². The van der Waals surface area contributed by atoms with Gasteiger partial charge in [-0.05, 0) is 31.2 Å². The third-order valence-corrected chi connectivity index (χ3v) is 3.79. The molecule has 1 heterocycles. The number of nitrogens with zero attached hydrogens (tertiary/aromatic N) is 1.